The lowest BCUT2D eigenvalue weighted by Gasteiger charge is -2.12. The van der Waals surface area contributed by atoms with Crippen LogP contribution in [-0.4, -0.2) is 0 Å². The maximum atomic E-state index is 7.57. The Morgan fingerprint density at radius 1 is 0.969 bits per heavy atom. The Labute approximate surface area is 188 Å². The minimum Gasteiger partial charge on any atom is -0.466 e. The zero-order valence-corrected chi connectivity index (χ0v) is 19.3. The molecule has 32 heavy (non-hydrogen) atoms. The van der Waals surface area contributed by atoms with Gasteiger partial charge in [-0.05, 0) is 60.4 Å². The summed E-state index contributed by atoms with van der Waals surface area (Å²) in [5, 5.41) is 4.52. The Kier molecular flexibility index (Phi) is 4.75. The highest BCUT2D eigenvalue weighted by atomic mass is 16.3. The zero-order valence-electron chi connectivity index (χ0n) is 19.3. The van der Waals surface area contributed by atoms with E-state index in [0.717, 1.165) is 34.0 Å². The van der Waals surface area contributed by atoms with Gasteiger partial charge in [0.25, 0.3) is 0 Å². The molecule has 5 rings (SSSR count). The van der Waals surface area contributed by atoms with E-state index in [0.29, 0.717) is 17.2 Å². The number of hydrogen-bond acceptors (Lipinski definition) is 1. The highest BCUT2D eigenvalue weighted by Crippen LogP contribution is 2.42. The van der Waals surface area contributed by atoms with Crippen LogP contribution in [0.3, 0.4) is 0 Å². The van der Waals surface area contributed by atoms with Crippen molar-refractivity contribution >= 4 is 38.4 Å². The quantitative estimate of drug-likeness (QED) is 0.218. The van der Waals surface area contributed by atoms with Gasteiger partial charge in [0.05, 0.1) is 17.5 Å². The first-order valence-electron chi connectivity index (χ1n) is 11.1. The molecule has 2 heterocycles. The molecular formula is C29H27N2O+. The highest BCUT2D eigenvalue weighted by Gasteiger charge is 2.25. The summed E-state index contributed by atoms with van der Waals surface area (Å²) in [5.74, 6) is 0.623. The molecule has 3 heteroatoms. The highest BCUT2D eigenvalue weighted by molar-refractivity contribution is 6.14. The summed E-state index contributed by atoms with van der Waals surface area (Å²) in [6.07, 6.45) is 3.21. The lowest BCUT2D eigenvalue weighted by molar-refractivity contribution is -0.659. The molecule has 0 spiro atoms. The summed E-state index contributed by atoms with van der Waals surface area (Å²) in [5.41, 5.74) is 8.13. The molecule has 0 N–H and O–H groups in total. The summed E-state index contributed by atoms with van der Waals surface area (Å²) in [6.45, 7) is 16.4. The molecule has 2 aromatic heterocycles. The maximum absolute atomic E-state index is 7.57. The molecule has 0 radical (unpaired) electrons. The van der Waals surface area contributed by atoms with Crippen LogP contribution in [0.1, 0.15) is 30.5 Å². The average molecular weight is 420 g/mol. The number of hydrogen-bond donors (Lipinski definition) is 0. The summed E-state index contributed by atoms with van der Waals surface area (Å²) < 4.78 is 8.64. The maximum Gasteiger partial charge on any atom is 0.229 e. The second-order valence-electron chi connectivity index (χ2n) is 9.23. The van der Waals surface area contributed by atoms with Gasteiger partial charge in [0.15, 0.2) is 6.20 Å². The van der Waals surface area contributed by atoms with E-state index in [-0.39, 0.29) is 0 Å². The predicted molar refractivity (Wildman–Crippen MR) is 132 cm³/mol. The van der Waals surface area contributed by atoms with Crippen LogP contribution < -0.4 is 4.57 Å². The van der Waals surface area contributed by atoms with E-state index < -0.39 is 0 Å². The molecule has 0 atom stereocenters. The summed E-state index contributed by atoms with van der Waals surface area (Å²) in [7, 11) is 2.09. The smallest absolute Gasteiger partial charge is 0.229 e. The van der Waals surface area contributed by atoms with Gasteiger partial charge in [-0.1, -0.05) is 44.2 Å². The lowest BCUT2D eigenvalue weighted by Crippen LogP contribution is -2.31. The van der Waals surface area contributed by atoms with Gasteiger partial charge in [-0.25, -0.2) is 9.41 Å². The van der Waals surface area contributed by atoms with Crippen molar-refractivity contribution in [1.29, 1.82) is 0 Å². The fourth-order valence-electron chi connectivity index (χ4n) is 4.85. The summed E-state index contributed by atoms with van der Waals surface area (Å²) in [4.78, 5) is 3.69. The topological polar surface area (TPSA) is 21.4 Å². The van der Waals surface area contributed by atoms with E-state index in [2.05, 4.69) is 86.7 Å². The molecule has 3 nitrogen and oxygen atoms in total. The van der Waals surface area contributed by atoms with E-state index in [4.69, 9.17) is 11.0 Å². The number of aromatic nitrogens is 1. The van der Waals surface area contributed by atoms with Crippen LogP contribution in [0.15, 0.2) is 59.1 Å². The van der Waals surface area contributed by atoms with Gasteiger partial charge in [-0.3, -0.25) is 0 Å². The third-order valence-corrected chi connectivity index (χ3v) is 6.49. The minimum atomic E-state index is 0.556. The molecule has 0 saturated carbocycles. The standard InChI is InChI=1S/C29H27N2O/c1-17(2)14-20-10-11-22-21(16-20)12-13-31(6)27(22)26-19(4)18(3)15-24-23-8-7-9-25(30-5)28(23)32-29(24)26/h7-13,15-17H,14H2,1-4,6H3/q+1. The summed E-state index contributed by atoms with van der Waals surface area (Å²) >= 11 is 0. The van der Waals surface area contributed by atoms with Gasteiger partial charge >= 0.3 is 0 Å². The average Bonchev–Trinajstić information content (AvgIpc) is 3.13. The first-order valence-corrected chi connectivity index (χ1v) is 11.1. The molecule has 0 aliphatic carbocycles. The number of pyridine rings is 1. The molecule has 0 amide bonds. The van der Waals surface area contributed by atoms with Crippen molar-refractivity contribution in [2.45, 2.75) is 34.1 Å². The van der Waals surface area contributed by atoms with Crippen molar-refractivity contribution in [2.24, 2.45) is 13.0 Å². The number of para-hydroxylation sites is 1. The van der Waals surface area contributed by atoms with Crippen molar-refractivity contribution in [2.75, 3.05) is 0 Å². The van der Waals surface area contributed by atoms with E-state index in [1.807, 2.05) is 12.1 Å². The fraction of sp³-hybridized carbons (Fsp3) is 0.241. The van der Waals surface area contributed by atoms with Crippen LogP contribution in [0, 0.1) is 26.3 Å². The lowest BCUT2D eigenvalue weighted by atomic mass is 9.92. The van der Waals surface area contributed by atoms with Crippen LogP contribution in [0.5, 0.6) is 0 Å². The minimum absolute atomic E-state index is 0.556. The molecule has 3 aromatic carbocycles. The van der Waals surface area contributed by atoms with Crippen LogP contribution in [-0.2, 0) is 13.5 Å². The monoisotopic (exact) mass is 419 g/mol. The number of benzene rings is 3. The van der Waals surface area contributed by atoms with Gasteiger partial charge in [0, 0.05) is 16.8 Å². The first-order chi connectivity index (χ1) is 15.4. The van der Waals surface area contributed by atoms with E-state index in [1.54, 1.807) is 0 Å². The van der Waals surface area contributed by atoms with Crippen LogP contribution in [0.25, 0.3) is 48.8 Å². The van der Waals surface area contributed by atoms with Crippen molar-refractivity contribution in [3.63, 3.8) is 0 Å². The fourth-order valence-corrected chi connectivity index (χ4v) is 4.85. The molecule has 0 fully saturated rings. The normalized spacial score (nSPS) is 11.7. The predicted octanol–water partition coefficient (Wildman–Crippen LogP) is 7.60. The molecule has 0 bridgehead atoms. The SMILES string of the molecule is [C-]#[N+]c1cccc2c1oc1c(-c3c4ccc(CC(C)C)cc4cc[n+]3C)c(C)c(C)cc12. The van der Waals surface area contributed by atoms with Gasteiger partial charge in [-0.15, -0.1) is 0 Å². The van der Waals surface area contributed by atoms with Crippen LogP contribution >= 0.6 is 0 Å². The third-order valence-electron chi connectivity index (χ3n) is 6.49. The molecule has 0 aliphatic heterocycles. The van der Waals surface area contributed by atoms with Crippen molar-refractivity contribution in [1.82, 2.24) is 0 Å². The van der Waals surface area contributed by atoms with Gasteiger partial charge < -0.3 is 4.42 Å². The first kappa shape index (κ1) is 20.3. The van der Waals surface area contributed by atoms with E-state index in [1.165, 1.54) is 27.5 Å². The largest absolute Gasteiger partial charge is 0.466 e. The second kappa shape index (κ2) is 7.50. The number of nitrogens with zero attached hydrogens (tertiary/aromatic N) is 2. The molecule has 0 saturated heterocycles. The number of furan rings is 1. The van der Waals surface area contributed by atoms with E-state index >= 15 is 0 Å². The van der Waals surface area contributed by atoms with Crippen molar-refractivity contribution in [3.8, 4) is 11.3 Å². The second-order valence-corrected chi connectivity index (χ2v) is 9.23. The van der Waals surface area contributed by atoms with Gasteiger partial charge in [0.2, 0.25) is 11.4 Å². The number of rotatable bonds is 3. The van der Waals surface area contributed by atoms with Crippen molar-refractivity contribution in [3.05, 3.63) is 82.8 Å². The Hall–Kier alpha value is -3.64. The number of fused-ring (bicyclic) bond motifs is 4. The Bertz CT molecular complexity index is 1560. The number of aryl methyl sites for hydroxylation is 2. The van der Waals surface area contributed by atoms with Crippen LogP contribution in [0.4, 0.5) is 5.69 Å². The van der Waals surface area contributed by atoms with E-state index in [9.17, 15) is 0 Å². The van der Waals surface area contributed by atoms with Crippen LogP contribution in [0.2, 0.25) is 0 Å². The third kappa shape index (κ3) is 3.07. The van der Waals surface area contributed by atoms with Gasteiger partial charge in [-0.2, -0.15) is 0 Å². The molecule has 0 unspecified atom stereocenters. The molecular weight excluding hydrogens is 392 g/mol. The zero-order chi connectivity index (χ0) is 22.6. The van der Waals surface area contributed by atoms with Crippen molar-refractivity contribution < 1.29 is 8.98 Å². The van der Waals surface area contributed by atoms with Gasteiger partial charge in [0.1, 0.15) is 18.2 Å². The molecule has 158 valence electrons. The molecule has 5 aromatic rings. The Morgan fingerprint density at radius 3 is 2.53 bits per heavy atom. The molecule has 0 aliphatic rings. The Morgan fingerprint density at radius 2 is 1.78 bits per heavy atom. The summed E-state index contributed by atoms with van der Waals surface area (Å²) in [6, 6.07) is 17.0. The Balaban J connectivity index is 1.90.